The lowest BCUT2D eigenvalue weighted by atomic mass is 9.86. The number of hydrogen-bond donors (Lipinski definition) is 1. The summed E-state index contributed by atoms with van der Waals surface area (Å²) in [4.78, 5) is 0. The van der Waals surface area contributed by atoms with Gasteiger partial charge >= 0.3 is 0 Å². The molecule has 104 valence electrons. The summed E-state index contributed by atoms with van der Waals surface area (Å²) < 4.78 is 31.9. The average Bonchev–Trinajstić information content (AvgIpc) is 1.95. The Morgan fingerprint density at radius 1 is 1.00 bits per heavy atom. The van der Waals surface area contributed by atoms with Gasteiger partial charge in [0.1, 0.15) is 0 Å². The molecule has 0 heterocycles. The summed E-state index contributed by atoms with van der Waals surface area (Å²) in [5.74, 6) is 0. The van der Waals surface area contributed by atoms with Crippen molar-refractivity contribution >= 4 is 10.1 Å². The summed E-state index contributed by atoms with van der Waals surface area (Å²) in [5, 5.41) is -0.657. The van der Waals surface area contributed by atoms with Gasteiger partial charge in [-0.2, -0.15) is 8.42 Å². The van der Waals surface area contributed by atoms with Crippen LogP contribution >= 0.6 is 0 Å². The van der Waals surface area contributed by atoms with Crippen LogP contribution in [0.3, 0.4) is 0 Å². The predicted molar refractivity (Wildman–Crippen MR) is 72.7 cm³/mol. The maximum absolute atomic E-state index is 11.3. The second-order valence-corrected chi connectivity index (χ2v) is 8.78. The van der Waals surface area contributed by atoms with E-state index in [0.717, 1.165) is 19.3 Å². The Balaban J connectivity index is 4.32. The highest BCUT2D eigenvalue weighted by atomic mass is 32.2. The number of hydrogen-bond acceptors (Lipinski definition) is 2. The molecule has 0 aliphatic rings. The molecule has 0 fully saturated rings. The Morgan fingerprint density at radius 3 is 1.76 bits per heavy atom. The Hall–Kier alpha value is -0.0900. The Bertz CT molecular complexity index is 318. The molecule has 0 saturated carbocycles. The molecule has 0 bridgehead atoms. The monoisotopic (exact) mass is 264 g/mol. The zero-order chi connectivity index (χ0) is 13.9. The molecule has 17 heavy (non-hydrogen) atoms. The van der Waals surface area contributed by atoms with E-state index in [2.05, 4.69) is 20.8 Å². The van der Waals surface area contributed by atoms with E-state index in [1.807, 2.05) is 20.8 Å². The first-order valence-electron chi connectivity index (χ1n) is 6.30. The first-order valence-corrected chi connectivity index (χ1v) is 7.81. The maximum Gasteiger partial charge on any atom is 0.268 e. The molecule has 0 aliphatic heterocycles. The zero-order valence-electron chi connectivity index (χ0n) is 12.1. The summed E-state index contributed by atoms with van der Waals surface area (Å²) >= 11 is 0. The Morgan fingerprint density at radius 2 is 1.47 bits per heavy atom. The van der Waals surface area contributed by atoms with Crippen LogP contribution in [-0.2, 0) is 10.1 Å². The van der Waals surface area contributed by atoms with Crippen LogP contribution < -0.4 is 0 Å². The SMILES string of the molecule is CC(C)(C)CCCCC(C(C)(C)C)S(=O)(=O)O. The first kappa shape index (κ1) is 16.9. The highest BCUT2D eigenvalue weighted by Crippen LogP contribution is 2.30. The molecule has 0 aromatic carbocycles. The quantitative estimate of drug-likeness (QED) is 0.605. The molecule has 0 saturated heterocycles. The molecule has 0 radical (unpaired) electrons. The van der Waals surface area contributed by atoms with Gasteiger partial charge in [-0.05, 0) is 23.7 Å². The fraction of sp³-hybridized carbons (Fsp3) is 1.00. The molecule has 1 atom stereocenters. The predicted octanol–water partition coefficient (Wildman–Crippen LogP) is 3.90. The first-order chi connectivity index (χ1) is 7.34. The van der Waals surface area contributed by atoms with Crippen LogP contribution in [0.4, 0.5) is 0 Å². The molecule has 0 amide bonds. The van der Waals surface area contributed by atoms with E-state index in [-0.39, 0.29) is 5.41 Å². The molecular formula is C13H28O3S. The highest BCUT2D eigenvalue weighted by molar-refractivity contribution is 7.86. The van der Waals surface area contributed by atoms with Gasteiger partial charge in [0.15, 0.2) is 0 Å². The van der Waals surface area contributed by atoms with Crippen LogP contribution in [0, 0.1) is 10.8 Å². The lowest BCUT2D eigenvalue weighted by molar-refractivity contribution is 0.317. The number of rotatable bonds is 5. The largest absolute Gasteiger partial charge is 0.285 e. The van der Waals surface area contributed by atoms with Gasteiger partial charge in [-0.15, -0.1) is 0 Å². The van der Waals surface area contributed by atoms with E-state index in [0.29, 0.717) is 6.42 Å². The van der Waals surface area contributed by atoms with Crippen molar-refractivity contribution in [1.29, 1.82) is 0 Å². The summed E-state index contributed by atoms with van der Waals surface area (Å²) in [6.45, 7) is 12.1. The third-order valence-electron chi connectivity index (χ3n) is 2.97. The average molecular weight is 264 g/mol. The molecule has 3 nitrogen and oxygen atoms in total. The molecule has 0 aromatic rings. The van der Waals surface area contributed by atoms with Crippen LogP contribution in [0.25, 0.3) is 0 Å². The number of unbranched alkanes of at least 4 members (excludes halogenated alkanes) is 1. The second kappa shape index (κ2) is 5.70. The molecular weight excluding hydrogens is 236 g/mol. The van der Waals surface area contributed by atoms with Crippen LogP contribution in [-0.4, -0.2) is 18.2 Å². The van der Waals surface area contributed by atoms with E-state index in [1.165, 1.54) is 0 Å². The van der Waals surface area contributed by atoms with E-state index in [1.54, 1.807) is 0 Å². The smallest absolute Gasteiger partial charge is 0.268 e. The van der Waals surface area contributed by atoms with Crippen molar-refractivity contribution in [3.05, 3.63) is 0 Å². The van der Waals surface area contributed by atoms with Crippen molar-refractivity contribution in [3.63, 3.8) is 0 Å². The van der Waals surface area contributed by atoms with Crippen LogP contribution in [0.5, 0.6) is 0 Å². The highest BCUT2D eigenvalue weighted by Gasteiger charge is 2.34. The van der Waals surface area contributed by atoms with Crippen molar-refractivity contribution in [2.75, 3.05) is 0 Å². The van der Waals surface area contributed by atoms with Crippen LogP contribution in [0.2, 0.25) is 0 Å². The second-order valence-electron chi connectivity index (χ2n) is 7.18. The van der Waals surface area contributed by atoms with Gasteiger partial charge in [-0.1, -0.05) is 54.4 Å². The lowest BCUT2D eigenvalue weighted by Crippen LogP contribution is -2.34. The summed E-state index contributed by atoms with van der Waals surface area (Å²) in [6.07, 6.45) is 3.47. The molecule has 0 aliphatic carbocycles. The minimum atomic E-state index is -3.94. The van der Waals surface area contributed by atoms with E-state index in [4.69, 9.17) is 0 Å². The maximum atomic E-state index is 11.3. The topological polar surface area (TPSA) is 54.4 Å². The normalized spacial score (nSPS) is 15.9. The van der Waals surface area contributed by atoms with Crippen LogP contribution in [0.1, 0.15) is 67.2 Å². The van der Waals surface area contributed by atoms with Crippen molar-refractivity contribution in [1.82, 2.24) is 0 Å². The van der Waals surface area contributed by atoms with Crippen molar-refractivity contribution in [2.45, 2.75) is 72.5 Å². The molecule has 1 N–H and O–H groups in total. The van der Waals surface area contributed by atoms with Gasteiger partial charge in [-0.3, -0.25) is 4.55 Å². The van der Waals surface area contributed by atoms with E-state index in [9.17, 15) is 13.0 Å². The van der Waals surface area contributed by atoms with Crippen LogP contribution in [0.15, 0.2) is 0 Å². The summed E-state index contributed by atoms with van der Waals surface area (Å²) in [6, 6.07) is 0. The third-order valence-corrected chi connectivity index (χ3v) is 4.63. The summed E-state index contributed by atoms with van der Waals surface area (Å²) in [7, 11) is -3.94. The fourth-order valence-corrected chi connectivity index (χ4v) is 3.37. The molecule has 0 rings (SSSR count). The summed E-state index contributed by atoms with van der Waals surface area (Å²) in [5.41, 5.74) is -0.120. The van der Waals surface area contributed by atoms with Gasteiger partial charge in [0.2, 0.25) is 0 Å². The zero-order valence-corrected chi connectivity index (χ0v) is 12.9. The Labute approximate surface area is 107 Å². The Kier molecular flexibility index (Phi) is 5.67. The minimum absolute atomic E-state index is 0.287. The van der Waals surface area contributed by atoms with E-state index < -0.39 is 20.8 Å². The van der Waals surface area contributed by atoms with Crippen molar-refractivity contribution < 1.29 is 13.0 Å². The van der Waals surface area contributed by atoms with Crippen molar-refractivity contribution in [3.8, 4) is 0 Å². The molecule has 1 unspecified atom stereocenters. The minimum Gasteiger partial charge on any atom is -0.285 e. The van der Waals surface area contributed by atoms with Gasteiger partial charge < -0.3 is 0 Å². The van der Waals surface area contributed by atoms with Gasteiger partial charge in [0.05, 0.1) is 5.25 Å². The van der Waals surface area contributed by atoms with Gasteiger partial charge in [0.25, 0.3) is 10.1 Å². The standard InChI is InChI=1S/C13H28O3S/c1-12(2,3)10-8-7-9-11(13(4,5)6)17(14,15)16/h11H,7-10H2,1-6H3,(H,14,15,16). The molecule has 0 spiro atoms. The van der Waals surface area contributed by atoms with E-state index >= 15 is 0 Å². The lowest BCUT2D eigenvalue weighted by Gasteiger charge is -2.28. The third kappa shape index (κ3) is 7.77. The van der Waals surface area contributed by atoms with Gasteiger partial charge in [0, 0.05) is 0 Å². The van der Waals surface area contributed by atoms with Gasteiger partial charge in [-0.25, -0.2) is 0 Å². The molecule has 0 aromatic heterocycles. The fourth-order valence-electron chi connectivity index (χ4n) is 2.01. The van der Waals surface area contributed by atoms with Crippen molar-refractivity contribution in [2.24, 2.45) is 10.8 Å². The molecule has 4 heteroatoms.